The number of benzene rings is 1. The van der Waals surface area contributed by atoms with Gasteiger partial charge in [0.05, 0.1) is 17.7 Å². The third-order valence-corrected chi connectivity index (χ3v) is 2.38. The van der Waals surface area contributed by atoms with Gasteiger partial charge in [-0.2, -0.15) is 0 Å². The first-order chi connectivity index (χ1) is 7.44. The summed E-state index contributed by atoms with van der Waals surface area (Å²) in [6, 6.07) is 4.23. The van der Waals surface area contributed by atoms with Crippen molar-refractivity contribution >= 4 is 11.6 Å². The molecule has 1 unspecified atom stereocenters. The molecule has 0 radical (unpaired) electrons. The predicted molar refractivity (Wildman–Crippen MR) is 51.6 cm³/mol. The molecule has 6 heteroatoms. The summed E-state index contributed by atoms with van der Waals surface area (Å²) in [5.74, 6) is -0.380. The molecule has 1 aliphatic heterocycles. The quantitative estimate of drug-likeness (QED) is 0.771. The largest absolute Gasteiger partial charge is 0.573 e. The van der Waals surface area contributed by atoms with Gasteiger partial charge in [0.2, 0.25) is 0 Å². The maximum Gasteiger partial charge on any atom is 0.573 e. The van der Waals surface area contributed by atoms with Crippen LogP contribution in [0.1, 0.15) is 5.56 Å². The van der Waals surface area contributed by atoms with Gasteiger partial charge >= 0.3 is 6.36 Å². The first-order valence-corrected chi connectivity index (χ1v) is 4.97. The molecule has 1 heterocycles. The lowest BCUT2D eigenvalue weighted by Crippen LogP contribution is -2.17. The van der Waals surface area contributed by atoms with E-state index in [9.17, 15) is 13.2 Å². The first kappa shape index (κ1) is 11.5. The molecule has 88 valence electrons. The monoisotopic (exact) mass is 252 g/mol. The molecule has 0 saturated carbocycles. The molecule has 1 saturated heterocycles. The fourth-order valence-corrected chi connectivity index (χ4v) is 1.57. The zero-order valence-corrected chi connectivity index (χ0v) is 8.81. The summed E-state index contributed by atoms with van der Waals surface area (Å²) in [5.41, 5.74) is 0.835. The van der Waals surface area contributed by atoms with Gasteiger partial charge in [0, 0.05) is 6.42 Å². The fraction of sp³-hybridized carbons (Fsp3) is 0.400. The van der Waals surface area contributed by atoms with E-state index in [1.165, 1.54) is 12.1 Å². The van der Waals surface area contributed by atoms with Crippen molar-refractivity contribution in [2.75, 3.05) is 6.61 Å². The molecule has 0 bridgehead atoms. The molecule has 0 spiro atoms. The van der Waals surface area contributed by atoms with E-state index in [0.717, 1.165) is 5.56 Å². The predicted octanol–water partition coefficient (Wildman–Crippen LogP) is 3.18. The van der Waals surface area contributed by atoms with Gasteiger partial charge in [-0.05, 0) is 17.7 Å². The maximum atomic E-state index is 11.9. The van der Waals surface area contributed by atoms with Gasteiger partial charge in [-0.15, -0.1) is 13.2 Å². The van der Waals surface area contributed by atoms with Gasteiger partial charge < -0.3 is 9.47 Å². The molecule has 1 aromatic carbocycles. The molecule has 2 rings (SSSR count). The highest BCUT2D eigenvalue weighted by atomic mass is 35.5. The van der Waals surface area contributed by atoms with Crippen LogP contribution in [0.3, 0.4) is 0 Å². The average Bonchev–Trinajstić information content (AvgIpc) is 2.92. The lowest BCUT2D eigenvalue weighted by Gasteiger charge is -2.10. The number of hydrogen-bond donors (Lipinski definition) is 0. The number of rotatable bonds is 3. The molecule has 0 aromatic heterocycles. The SMILES string of the molecule is FC(F)(F)Oc1ccc(CC2CO2)cc1Cl. The van der Waals surface area contributed by atoms with E-state index in [0.29, 0.717) is 13.0 Å². The lowest BCUT2D eigenvalue weighted by atomic mass is 10.1. The zero-order valence-electron chi connectivity index (χ0n) is 8.05. The Labute approximate surface area is 94.9 Å². The van der Waals surface area contributed by atoms with E-state index in [2.05, 4.69) is 4.74 Å². The van der Waals surface area contributed by atoms with Crippen LogP contribution < -0.4 is 4.74 Å². The standard InChI is InChI=1S/C10H8ClF3O2/c11-8-4-6(3-7-5-15-7)1-2-9(8)16-10(12,13)14/h1-2,4,7H,3,5H2. The van der Waals surface area contributed by atoms with Crippen LogP contribution in [0.2, 0.25) is 5.02 Å². The highest BCUT2D eigenvalue weighted by Crippen LogP contribution is 2.31. The third-order valence-electron chi connectivity index (χ3n) is 2.09. The van der Waals surface area contributed by atoms with Crippen LogP contribution in [-0.4, -0.2) is 19.1 Å². The Bertz CT molecular complexity index is 388. The van der Waals surface area contributed by atoms with Crippen molar-refractivity contribution in [1.29, 1.82) is 0 Å². The van der Waals surface area contributed by atoms with Crippen LogP contribution in [0.4, 0.5) is 13.2 Å². The molecule has 0 N–H and O–H groups in total. The van der Waals surface area contributed by atoms with Gasteiger partial charge in [-0.1, -0.05) is 17.7 Å². The minimum atomic E-state index is -4.72. The third kappa shape index (κ3) is 3.28. The molecule has 1 atom stereocenters. The Kier molecular flexibility index (Phi) is 2.99. The van der Waals surface area contributed by atoms with Crippen molar-refractivity contribution in [3.63, 3.8) is 0 Å². The van der Waals surface area contributed by atoms with Crippen molar-refractivity contribution in [2.45, 2.75) is 18.9 Å². The Hall–Kier alpha value is -0.940. The normalized spacial score (nSPS) is 19.6. The van der Waals surface area contributed by atoms with E-state index >= 15 is 0 Å². The fourth-order valence-electron chi connectivity index (χ4n) is 1.33. The van der Waals surface area contributed by atoms with Crippen LogP contribution in [0.5, 0.6) is 5.75 Å². The topological polar surface area (TPSA) is 21.8 Å². The molecule has 2 nitrogen and oxygen atoms in total. The highest BCUT2D eigenvalue weighted by Gasteiger charge is 2.32. The molecule has 1 aliphatic rings. The molecular formula is C10H8ClF3O2. The molecular weight excluding hydrogens is 245 g/mol. The summed E-state index contributed by atoms with van der Waals surface area (Å²) in [6.07, 6.45) is -3.89. The number of ether oxygens (including phenoxy) is 2. The van der Waals surface area contributed by atoms with Gasteiger partial charge in [-0.25, -0.2) is 0 Å². The van der Waals surface area contributed by atoms with Gasteiger partial charge in [0.15, 0.2) is 0 Å². The molecule has 0 aliphatic carbocycles. The molecule has 1 fully saturated rings. The molecule has 16 heavy (non-hydrogen) atoms. The van der Waals surface area contributed by atoms with Crippen LogP contribution >= 0.6 is 11.6 Å². The van der Waals surface area contributed by atoms with E-state index in [-0.39, 0.29) is 16.9 Å². The van der Waals surface area contributed by atoms with Gasteiger partial charge in [0.1, 0.15) is 5.75 Å². The maximum absolute atomic E-state index is 11.9. The van der Waals surface area contributed by atoms with Crippen molar-refractivity contribution in [3.8, 4) is 5.75 Å². The second kappa shape index (κ2) is 4.14. The summed E-state index contributed by atoms with van der Waals surface area (Å²) in [7, 11) is 0. The van der Waals surface area contributed by atoms with E-state index < -0.39 is 6.36 Å². The Morgan fingerprint density at radius 1 is 1.44 bits per heavy atom. The minimum Gasteiger partial charge on any atom is -0.404 e. The van der Waals surface area contributed by atoms with Gasteiger partial charge in [0.25, 0.3) is 0 Å². The Morgan fingerprint density at radius 3 is 2.62 bits per heavy atom. The number of alkyl halides is 3. The summed E-state index contributed by atoms with van der Waals surface area (Å²) in [6.45, 7) is 0.693. The summed E-state index contributed by atoms with van der Waals surface area (Å²) in [5, 5.41) is -0.0459. The number of halogens is 4. The van der Waals surface area contributed by atoms with Gasteiger partial charge in [-0.3, -0.25) is 0 Å². The number of epoxide rings is 1. The van der Waals surface area contributed by atoms with Crippen molar-refractivity contribution in [2.24, 2.45) is 0 Å². The van der Waals surface area contributed by atoms with E-state index in [1.807, 2.05) is 0 Å². The van der Waals surface area contributed by atoms with Crippen molar-refractivity contribution in [1.82, 2.24) is 0 Å². The first-order valence-electron chi connectivity index (χ1n) is 4.60. The molecule has 0 amide bonds. The van der Waals surface area contributed by atoms with Crippen LogP contribution in [0, 0.1) is 0 Å². The second-order valence-corrected chi connectivity index (χ2v) is 3.88. The van der Waals surface area contributed by atoms with Crippen molar-refractivity contribution < 1.29 is 22.6 Å². The minimum absolute atomic E-state index is 0.0459. The second-order valence-electron chi connectivity index (χ2n) is 3.47. The number of hydrogen-bond acceptors (Lipinski definition) is 2. The Balaban J connectivity index is 2.09. The zero-order chi connectivity index (χ0) is 11.8. The average molecular weight is 253 g/mol. The summed E-state index contributed by atoms with van der Waals surface area (Å²) >= 11 is 5.67. The molecule has 1 aromatic rings. The van der Waals surface area contributed by atoms with Crippen LogP contribution in [0.15, 0.2) is 18.2 Å². The highest BCUT2D eigenvalue weighted by molar-refractivity contribution is 6.32. The van der Waals surface area contributed by atoms with Crippen LogP contribution in [0.25, 0.3) is 0 Å². The van der Waals surface area contributed by atoms with Crippen LogP contribution in [-0.2, 0) is 11.2 Å². The summed E-state index contributed by atoms with van der Waals surface area (Å²) < 4.78 is 44.6. The van der Waals surface area contributed by atoms with E-state index in [1.54, 1.807) is 6.07 Å². The van der Waals surface area contributed by atoms with Crippen molar-refractivity contribution in [3.05, 3.63) is 28.8 Å². The lowest BCUT2D eigenvalue weighted by molar-refractivity contribution is -0.274. The summed E-state index contributed by atoms with van der Waals surface area (Å²) in [4.78, 5) is 0. The van der Waals surface area contributed by atoms with E-state index in [4.69, 9.17) is 16.3 Å². The smallest absolute Gasteiger partial charge is 0.404 e. The Morgan fingerprint density at radius 2 is 2.12 bits per heavy atom.